The monoisotopic (exact) mass is 158 g/mol. The van der Waals surface area contributed by atoms with E-state index in [0.29, 0.717) is 5.88 Å². The first-order valence-corrected chi connectivity index (χ1v) is 4.33. The van der Waals surface area contributed by atoms with Crippen LogP contribution in [0.2, 0.25) is 0 Å². The summed E-state index contributed by atoms with van der Waals surface area (Å²) in [5, 5.41) is 0. The van der Waals surface area contributed by atoms with E-state index >= 15 is 0 Å². The smallest absolute Gasteiger partial charge is 0.0407 e. The minimum atomic E-state index is 0.609. The highest BCUT2D eigenvalue weighted by atomic mass is 35.5. The molecular weight excluding hydrogens is 144 g/mol. The molecule has 0 atom stereocenters. The highest BCUT2D eigenvalue weighted by Crippen LogP contribution is 1.94. The molecule has 0 aliphatic rings. The Bertz CT molecular complexity index is 103. The average molecular weight is 159 g/mol. The van der Waals surface area contributed by atoms with Gasteiger partial charge in [-0.3, -0.25) is 0 Å². The number of unbranched alkanes of at least 4 members (excludes halogenated alkanes) is 2. The molecule has 0 aromatic carbocycles. The molecule has 0 amide bonds. The molecule has 0 saturated heterocycles. The standard InChI is InChI=1S/C9H15Cl/c1-2-3-4-5-6-7-8-9-10/h5-8H,2-4,9H2,1H3/b6-5+,8-7+. The first-order chi connectivity index (χ1) is 4.91. The van der Waals surface area contributed by atoms with Gasteiger partial charge in [-0.25, -0.2) is 0 Å². The van der Waals surface area contributed by atoms with Crippen molar-refractivity contribution in [3.63, 3.8) is 0 Å². The fourth-order valence-corrected chi connectivity index (χ4v) is 0.730. The molecule has 0 unspecified atom stereocenters. The van der Waals surface area contributed by atoms with Gasteiger partial charge in [-0.2, -0.15) is 0 Å². The molecule has 0 aromatic heterocycles. The number of rotatable bonds is 5. The largest absolute Gasteiger partial charge is 0.122 e. The molecule has 0 aromatic rings. The van der Waals surface area contributed by atoms with E-state index in [1.165, 1.54) is 19.3 Å². The molecule has 0 heterocycles. The number of allylic oxidation sites excluding steroid dienone is 4. The zero-order valence-corrected chi connectivity index (χ0v) is 7.27. The van der Waals surface area contributed by atoms with Gasteiger partial charge in [0.25, 0.3) is 0 Å². The third kappa shape index (κ3) is 7.77. The summed E-state index contributed by atoms with van der Waals surface area (Å²) in [5.41, 5.74) is 0. The Morgan fingerprint density at radius 1 is 1.20 bits per heavy atom. The second kappa shape index (κ2) is 8.77. The second-order valence-corrected chi connectivity index (χ2v) is 2.46. The molecular formula is C9H15Cl. The molecule has 58 valence electrons. The zero-order chi connectivity index (χ0) is 7.66. The Morgan fingerprint density at radius 3 is 2.50 bits per heavy atom. The van der Waals surface area contributed by atoms with Crippen molar-refractivity contribution in [1.29, 1.82) is 0 Å². The van der Waals surface area contributed by atoms with E-state index < -0.39 is 0 Å². The lowest BCUT2D eigenvalue weighted by molar-refractivity contribution is 0.815. The number of hydrogen-bond donors (Lipinski definition) is 0. The van der Waals surface area contributed by atoms with Crippen molar-refractivity contribution in [2.75, 3.05) is 5.88 Å². The van der Waals surface area contributed by atoms with Crippen LogP contribution in [-0.4, -0.2) is 5.88 Å². The minimum absolute atomic E-state index is 0.609. The molecule has 0 bridgehead atoms. The quantitative estimate of drug-likeness (QED) is 0.326. The third-order valence-electron chi connectivity index (χ3n) is 1.20. The minimum Gasteiger partial charge on any atom is -0.122 e. The SMILES string of the molecule is CCCC/C=C/C=C/CCl. The summed E-state index contributed by atoms with van der Waals surface area (Å²) in [6, 6.07) is 0. The molecule has 0 aliphatic heterocycles. The second-order valence-electron chi connectivity index (χ2n) is 2.15. The summed E-state index contributed by atoms with van der Waals surface area (Å²) in [6.45, 7) is 2.20. The summed E-state index contributed by atoms with van der Waals surface area (Å²) >= 11 is 5.42. The van der Waals surface area contributed by atoms with E-state index in [1.807, 2.05) is 12.2 Å². The van der Waals surface area contributed by atoms with E-state index in [-0.39, 0.29) is 0 Å². The van der Waals surface area contributed by atoms with Gasteiger partial charge in [0.1, 0.15) is 0 Å². The Labute approximate surface area is 68.6 Å². The lowest BCUT2D eigenvalue weighted by Gasteiger charge is -1.84. The predicted octanol–water partition coefficient (Wildman–Crippen LogP) is 3.53. The summed E-state index contributed by atoms with van der Waals surface area (Å²) in [7, 11) is 0. The van der Waals surface area contributed by atoms with Crippen LogP contribution in [0.3, 0.4) is 0 Å². The van der Waals surface area contributed by atoms with Crippen LogP contribution in [0.5, 0.6) is 0 Å². The molecule has 0 saturated carbocycles. The van der Waals surface area contributed by atoms with E-state index in [4.69, 9.17) is 11.6 Å². The van der Waals surface area contributed by atoms with E-state index in [1.54, 1.807) is 0 Å². The van der Waals surface area contributed by atoms with Crippen LogP contribution in [0.15, 0.2) is 24.3 Å². The van der Waals surface area contributed by atoms with Crippen molar-refractivity contribution in [3.05, 3.63) is 24.3 Å². The van der Waals surface area contributed by atoms with Gasteiger partial charge in [-0.05, 0) is 6.42 Å². The Kier molecular flexibility index (Phi) is 8.57. The maximum atomic E-state index is 5.42. The number of hydrogen-bond acceptors (Lipinski definition) is 0. The predicted molar refractivity (Wildman–Crippen MR) is 48.5 cm³/mol. The lowest BCUT2D eigenvalue weighted by atomic mass is 10.2. The summed E-state index contributed by atoms with van der Waals surface area (Å²) in [6.07, 6.45) is 11.9. The van der Waals surface area contributed by atoms with Gasteiger partial charge in [0, 0.05) is 5.88 Å². The molecule has 10 heavy (non-hydrogen) atoms. The average Bonchev–Trinajstić information content (AvgIpc) is 1.97. The van der Waals surface area contributed by atoms with Crippen molar-refractivity contribution in [2.24, 2.45) is 0 Å². The number of halogens is 1. The molecule has 0 radical (unpaired) electrons. The van der Waals surface area contributed by atoms with Crippen molar-refractivity contribution < 1.29 is 0 Å². The first kappa shape index (κ1) is 9.77. The van der Waals surface area contributed by atoms with Crippen molar-refractivity contribution in [2.45, 2.75) is 26.2 Å². The van der Waals surface area contributed by atoms with Crippen LogP contribution in [-0.2, 0) is 0 Å². The van der Waals surface area contributed by atoms with Gasteiger partial charge in [0.15, 0.2) is 0 Å². The molecule has 0 rings (SSSR count). The van der Waals surface area contributed by atoms with Crippen LogP contribution in [0.4, 0.5) is 0 Å². The highest BCUT2D eigenvalue weighted by molar-refractivity contribution is 6.18. The fourth-order valence-electron chi connectivity index (χ4n) is 0.627. The van der Waals surface area contributed by atoms with Crippen LogP contribution in [0.25, 0.3) is 0 Å². The fraction of sp³-hybridized carbons (Fsp3) is 0.556. The maximum absolute atomic E-state index is 5.42. The first-order valence-electron chi connectivity index (χ1n) is 3.79. The maximum Gasteiger partial charge on any atom is 0.0407 e. The van der Waals surface area contributed by atoms with Gasteiger partial charge in [-0.15, -0.1) is 11.6 Å². The third-order valence-corrected chi connectivity index (χ3v) is 1.37. The van der Waals surface area contributed by atoms with Crippen LogP contribution < -0.4 is 0 Å². The molecule has 0 aliphatic carbocycles. The van der Waals surface area contributed by atoms with E-state index in [2.05, 4.69) is 19.1 Å². The molecule has 0 fully saturated rings. The number of alkyl halides is 1. The molecule has 0 nitrogen and oxygen atoms in total. The van der Waals surface area contributed by atoms with Crippen molar-refractivity contribution >= 4 is 11.6 Å². The Morgan fingerprint density at radius 2 is 1.90 bits per heavy atom. The highest BCUT2D eigenvalue weighted by Gasteiger charge is 1.74. The molecule has 1 heteroatoms. The summed E-state index contributed by atoms with van der Waals surface area (Å²) < 4.78 is 0. The van der Waals surface area contributed by atoms with Gasteiger partial charge in [-0.1, -0.05) is 44.1 Å². The molecule has 0 spiro atoms. The normalized spacial score (nSPS) is 11.8. The lowest BCUT2D eigenvalue weighted by Crippen LogP contribution is -1.65. The van der Waals surface area contributed by atoms with Crippen LogP contribution in [0.1, 0.15) is 26.2 Å². The van der Waals surface area contributed by atoms with Gasteiger partial charge in [0.2, 0.25) is 0 Å². The Hall–Kier alpha value is -0.230. The van der Waals surface area contributed by atoms with Crippen LogP contribution >= 0.6 is 11.6 Å². The van der Waals surface area contributed by atoms with Gasteiger partial charge < -0.3 is 0 Å². The van der Waals surface area contributed by atoms with Crippen LogP contribution in [0, 0.1) is 0 Å². The topological polar surface area (TPSA) is 0 Å². The zero-order valence-electron chi connectivity index (χ0n) is 6.52. The van der Waals surface area contributed by atoms with Gasteiger partial charge in [0.05, 0.1) is 0 Å². The Balaban J connectivity index is 3.11. The van der Waals surface area contributed by atoms with Crippen molar-refractivity contribution in [3.8, 4) is 0 Å². The van der Waals surface area contributed by atoms with E-state index in [9.17, 15) is 0 Å². The molecule has 0 N–H and O–H groups in total. The summed E-state index contributed by atoms with van der Waals surface area (Å²) in [5.74, 6) is 0.609. The van der Waals surface area contributed by atoms with Gasteiger partial charge >= 0.3 is 0 Å². The summed E-state index contributed by atoms with van der Waals surface area (Å²) in [4.78, 5) is 0. The van der Waals surface area contributed by atoms with Crippen molar-refractivity contribution in [1.82, 2.24) is 0 Å². The van der Waals surface area contributed by atoms with E-state index in [0.717, 1.165) is 0 Å².